The monoisotopic (exact) mass is 451 g/mol. The van der Waals surface area contributed by atoms with Crippen LogP contribution in [0, 0.1) is 0 Å². The first-order chi connectivity index (χ1) is 14.9. The van der Waals surface area contributed by atoms with E-state index in [1.807, 2.05) is 0 Å². The standard InChI is InChI=1S/C22H33N3O5S/c1-2-30-22(27)24-17-15-23(16-18-24)21(26)12-9-19-7-10-20(11-8-19)31(28,29)25-13-5-3-4-6-14-25/h7-8,10-11H,2-6,9,12-18H2,1H3. The number of rotatable bonds is 6. The van der Waals surface area contributed by atoms with E-state index in [9.17, 15) is 18.0 Å². The molecule has 31 heavy (non-hydrogen) atoms. The fraction of sp³-hybridized carbons (Fsp3) is 0.636. The van der Waals surface area contributed by atoms with Gasteiger partial charge in [-0.15, -0.1) is 0 Å². The Bertz CT molecular complexity index is 840. The van der Waals surface area contributed by atoms with Crippen molar-refractivity contribution in [2.75, 3.05) is 45.9 Å². The molecule has 2 aliphatic rings. The molecule has 3 rings (SSSR count). The van der Waals surface area contributed by atoms with Crippen LogP contribution < -0.4 is 0 Å². The van der Waals surface area contributed by atoms with Crippen molar-refractivity contribution >= 4 is 22.0 Å². The molecule has 9 heteroatoms. The fourth-order valence-electron chi connectivity index (χ4n) is 4.02. The third-order valence-electron chi connectivity index (χ3n) is 5.91. The van der Waals surface area contributed by atoms with Crippen molar-refractivity contribution in [1.29, 1.82) is 0 Å². The zero-order valence-electron chi connectivity index (χ0n) is 18.3. The van der Waals surface area contributed by atoms with Crippen LogP contribution in [-0.4, -0.2) is 80.4 Å². The van der Waals surface area contributed by atoms with E-state index < -0.39 is 10.0 Å². The minimum atomic E-state index is -3.45. The molecule has 0 bridgehead atoms. The van der Waals surface area contributed by atoms with Gasteiger partial charge in [-0.2, -0.15) is 4.31 Å². The van der Waals surface area contributed by atoms with Crippen molar-refractivity contribution in [2.24, 2.45) is 0 Å². The molecule has 0 saturated carbocycles. The lowest BCUT2D eigenvalue weighted by molar-refractivity contribution is -0.132. The molecule has 0 radical (unpaired) electrons. The largest absolute Gasteiger partial charge is 0.450 e. The predicted octanol–water partition coefficient (Wildman–Crippen LogP) is 2.48. The van der Waals surface area contributed by atoms with Crippen LogP contribution in [0.5, 0.6) is 0 Å². The number of hydrogen-bond acceptors (Lipinski definition) is 5. The topological polar surface area (TPSA) is 87.2 Å². The highest BCUT2D eigenvalue weighted by atomic mass is 32.2. The zero-order chi connectivity index (χ0) is 22.3. The van der Waals surface area contributed by atoms with Crippen LogP contribution in [0.1, 0.15) is 44.6 Å². The highest BCUT2D eigenvalue weighted by Gasteiger charge is 2.26. The van der Waals surface area contributed by atoms with Crippen LogP contribution in [0.2, 0.25) is 0 Å². The Morgan fingerprint density at radius 2 is 1.45 bits per heavy atom. The minimum absolute atomic E-state index is 0.0461. The van der Waals surface area contributed by atoms with Crippen LogP contribution in [0.3, 0.4) is 0 Å². The van der Waals surface area contributed by atoms with E-state index in [1.165, 1.54) is 0 Å². The third-order valence-corrected chi connectivity index (χ3v) is 7.82. The molecular weight excluding hydrogens is 418 g/mol. The van der Waals surface area contributed by atoms with Crippen molar-refractivity contribution in [3.05, 3.63) is 29.8 Å². The molecule has 2 aliphatic heterocycles. The number of sulfonamides is 1. The molecule has 2 saturated heterocycles. The van der Waals surface area contributed by atoms with Crippen LogP contribution in [0.25, 0.3) is 0 Å². The van der Waals surface area contributed by atoms with Crippen LogP contribution in [0.4, 0.5) is 4.79 Å². The van der Waals surface area contributed by atoms with Gasteiger partial charge in [-0.1, -0.05) is 25.0 Å². The van der Waals surface area contributed by atoms with Gasteiger partial charge in [0.15, 0.2) is 0 Å². The smallest absolute Gasteiger partial charge is 0.409 e. The van der Waals surface area contributed by atoms with Crippen LogP contribution in [0.15, 0.2) is 29.2 Å². The van der Waals surface area contributed by atoms with E-state index in [-0.39, 0.29) is 12.0 Å². The SMILES string of the molecule is CCOC(=O)N1CCN(C(=O)CCc2ccc(S(=O)(=O)N3CCCCCC3)cc2)CC1. The molecule has 1 aromatic rings. The van der Waals surface area contributed by atoms with Gasteiger partial charge in [0.05, 0.1) is 11.5 Å². The van der Waals surface area contributed by atoms with E-state index in [0.29, 0.717) is 63.6 Å². The van der Waals surface area contributed by atoms with Crippen LogP contribution in [-0.2, 0) is 26.0 Å². The molecule has 172 valence electrons. The molecule has 2 amide bonds. The first kappa shape index (κ1) is 23.5. The number of carbonyl (C=O) groups is 2. The summed E-state index contributed by atoms with van der Waals surface area (Å²) in [5.41, 5.74) is 0.938. The Balaban J connectivity index is 1.49. The molecule has 0 N–H and O–H groups in total. The number of benzene rings is 1. The number of amides is 2. The first-order valence-corrected chi connectivity index (χ1v) is 12.6. The molecule has 0 atom stereocenters. The lowest BCUT2D eigenvalue weighted by Crippen LogP contribution is -2.50. The number of aryl methyl sites for hydroxylation is 1. The normalized spacial score (nSPS) is 18.5. The third kappa shape index (κ3) is 6.20. The first-order valence-electron chi connectivity index (χ1n) is 11.2. The fourth-order valence-corrected chi connectivity index (χ4v) is 5.54. The number of piperazine rings is 1. The summed E-state index contributed by atoms with van der Waals surface area (Å²) in [7, 11) is -3.45. The lowest BCUT2D eigenvalue weighted by Gasteiger charge is -2.34. The Morgan fingerprint density at radius 3 is 2.03 bits per heavy atom. The molecule has 8 nitrogen and oxygen atoms in total. The van der Waals surface area contributed by atoms with E-state index in [1.54, 1.807) is 45.3 Å². The summed E-state index contributed by atoms with van der Waals surface area (Å²) < 4.78 is 32.3. The van der Waals surface area contributed by atoms with Gasteiger partial charge >= 0.3 is 6.09 Å². The number of ether oxygens (including phenoxy) is 1. The number of hydrogen-bond donors (Lipinski definition) is 0. The van der Waals surface area contributed by atoms with E-state index in [4.69, 9.17) is 4.74 Å². The minimum Gasteiger partial charge on any atom is -0.450 e. The Labute approximate surface area is 185 Å². The Hall–Kier alpha value is -2.13. The van der Waals surface area contributed by atoms with Crippen LogP contribution >= 0.6 is 0 Å². The average Bonchev–Trinajstić information content (AvgIpc) is 3.08. The van der Waals surface area contributed by atoms with Gasteiger partial charge in [-0.05, 0) is 43.9 Å². The maximum atomic E-state index is 12.9. The van der Waals surface area contributed by atoms with E-state index >= 15 is 0 Å². The van der Waals surface area contributed by atoms with Gasteiger partial charge in [0.25, 0.3) is 0 Å². The summed E-state index contributed by atoms with van der Waals surface area (Å²) in [4.78, 5) is 28.0. The quantitative estimate of drug-likeness (QED) is 0.663. The number of carbonyl (C=O) groups excluding carboxylic acids is 2. The van der Waals surface area contributed by atoms with Gasteiger partial charge in [0, 0.05) is 45.7 Å². The molecule has 0 unspecified atom stereocenters. The van der Waals surface area contributed by atoms with Gasteiger partial charge in [-0.3, -0.25) is 4.79 Å². The summed E-state index contributed by atoms with van der Waals surface area (Å²) in [6, 6.07) is 6.91. The zero-order valence-corrected chi connectivity index (χ0v) is 19.1. The summed E-state index contributed by atoms with van der Waals surface area (Å²) in [5, 5.41) is 0. The summed E-state index contributed by atoms with van der Waals surface area (Å²) >= 11 is 0. The Kier molecular flexibility index (Phi) is 8.31. The molecular formula is C22H33N3O5S. The second-order valence-corrected chi connectivity index (χ2v) is 9.97. The molecule has 0 aliphatic carbocycles. The summed E-state index contributed by atoms with van der Waals surface area (Å²) in [5.74, 6) is 0.0461. The van der Waals surface area contributed by atoms with Crippen molar-refractivity contribution in [3.63, 3.8) is 0 Å². The summed E-state index contributed by atoms with van der Waals surface area (Å²) in [6.45, 7) is 5.26. The van der Waals surface area contributed by atoms with E-state index in [0.717, 1.165) is 31.2 Å². The highest BCUT2D eigenvalue weighted by Crippen LogP contribution is 2.21. The summed E-state index contributed by atoms with van der Waals surface area (Å²) in [6.07, 6.45) is 4.57. The number of nitrogens with zero attached hydrogens (tertiary/aromatic N) is 3. The van der Waals surface area contributed by atoms with Gasteiger partial charge in [0.1, 0.15) is 0 Å². The highest BCUT2D eigenvalue weighted by molar-refractivity contribution is 7.89. The van der Waals surface area contributed by atoms with Crippen molar-refractivity contribution in [3.8, 4) is 0 Å². The lowest BCUT2D eigenvalue weighted by atomic mass is 10.1. The second-order valence-electron chi connectivity index (χ2n) is 8.03. The Morgan fingerprint density at radius 1 is 0.871 bits per heavy atom. The molecule has 1 aromatic carbocycles. The maximum absolute atomic E-state index is 12.9. The van der Waals surface area contributed by atoms with Crippen molar-refractivity contribution in [2.45, 2.75) is 50.3 Å². The molecule has 2 fully saturated rings. The predicted molar refractivity (Wildman–Crippen MR) is 117 cm³/mol. The maximum Gasteiger partial charge on any atom is 0.409 e. The van der Waals surface area contributed by atoms with Gasteiger partial charge in [-0.25, -0.2) is 13.2 Å². The van der Waals surface area contributed by atoms with E-state index in [2.05, 4.69) is 0 Å². The van der Waals surface area contributed by atoms with Crippen molar-refractivity contribution in [1.82, 2.24) is 14.1 Å². The van der Waals surface area contributed by atoms with Gasteiger partial charge in [0.2, 0.25) is 15.9 Å². The molecule has 0 aromatic heterocycles. The average molecular weight is 452 g/mol. The van der Waals surface area contributed by atoms with Crippen molar-refractivity contribution < 1.29 is 22.7 Å². The molecule has 0 spiro atoms. The molecule has 2 heterocycles. The van der Waals surface area contributed by atoms with Gasteiger partial charge < -0.3 is 14.5 Å². The second kappa shape index (κ2) is 10.9.